The number of aromatic nitrogens is 3. The fraction of sp³-hybridized carbons (Fsp3) is 0.480. The van der Waals surface area contributed by atoms with Crippen LogP contribution in [0.5, 0.6) is 0 Å². The van der Waals surface area contributed by atoms with Gasteiger partial charge in [-0.05, 0) is 38.7 Å². The Labute approximate surface area is 207 Å². The van der Waals surface area contributed by atoms with Crippen molar-refractivity contribution in [2.45, 2.75) is 57.3 Å². The monoisotopic (exact) mass is 516 g/mol. The van der Waals surface area contributed by atoms with Gasteiger partial charge in [0, 0.05) is 54.3 Å². The van der Waals surface area contributed by atoms with Crippen molar-refractivity contribution >= 4 is 29.3 Å². The third-order valence-corrected chi connectivity index (χ3v) is 10.6. The summed E-state index contributed by atoms with van der Waals surface area (Å²) in [5, 5.41) is 17.2. The molecule has 1 aromatic carbocycles. The second-order valence-electron chi connectivity index (χ2n) is 9.78. The van der Waals surface area contributed by atoms with Gasteiger partial charge in [0.15, 0.2) is 0 Å². The van der Waals surface area contributed by atoms with Crippen molar-refractivity contribution in [3.05, 3.63) is 35.7 Å². The molecule has 3 aromatic rings. The van der Waals surface area contributed by atoms with Crippen LogP contribution in [0.15, 0.2) is 24.5 Å². The molecular formula is C25H28F3N6OP. The first-order valence-electron chi connectivity index (χ1n) is 12.3. The van der Waals surface area contributed by atoms with Gasteiger partial charge in [0.25, 0.3) is 0 Å². The molecule has 4 heterocycles. The number of H-pyrrole nitrogens is 1. The number of anilines is 1. The van der Waals surface area contributed by atoms with Crippen LogP contribution < -0.4 is 15.9 Å². The second kappa shape index (κ2) is 9.53. The van der Waals surface area contributed by atoms with Crippen LogP contribution in [0.4, 0.5) is 19.1 Å². The van der Waals surface area contributed by atoms with Crippen molar-refractivity contribution in [2.75, 3.05) is 24.2 Å². The van der Waals surface area contributed by atoms with Crippen LogP contribution in [-0.2, 0) is 10.7 Å². The third kappa shape index (κ3) is 4.62. The second-order valence-corrected chi connectivity index (χ2v) is 12.9. The van der Waals surface area contributed by atoms with Gasteiger partial charge in [0.05, 0.1) is 28.1 Å². The minimum atomic E-state index is -4.66. The molecule has 0 spiro atoms. The number of alkyl halides is 3. The lowest BCUT2D eigenvalue weighted by Gasteiger charge is -2.28. The van der Waals surface area contributed by atoms with Gasteiger partial charge >= 0.3 is 6.18 Å². The number of nitrogens with one attached hydrogen (secondary N) is 3. The Morgan fingerprint density at radius 1 is 1.19 bits per heavy atom. The van der Waals surface area contributed by atoms with Gasteiger partial charge in [-0.3, -0.25) is 0 Å². The fourth-order valence-electron chi connectivity index (χ4n) is 5.31. The molecule has 2 saturated heterocycles. The van der Waals surface area contributed by atoms with Gasteiger partial charge in [-0.25, -0.2) is 9.97 Å². The SMILES string of the molecule is C[C@H]1CC[C@H](Nc2ncc(C(F)(F)F)c(-c3c[nH]c4c(P5(=O)CCCCC5)c(C#N)ccc34)n2)CN1. The molecule has 0 aliphatic carbocycles. The average Bonchev–Trinajstić information content (AvgIpc) is 3.28. The van der Waals surface area contributed by atoms with E-state index in [4.69, 9.17) is 0 Å². The van der Waals surface area contributed by atoms with E-state index in [9.17, 15) is 23.0 Å². The quantitative estimate of drug-likeness (QED) is 0.410. The lowest BCUT2D eigenvalue weighted by atomic mass is 10.0. The zero-order valence-electron chi connectivity index (χ0n) is 20.0. The molecule has 11 heteroatoms. The smallest absolute Gasteiger partial charge is 0.360 e. The first-order chi connectivity index (χ1) is 17.2. The van der Waals surface area contributed by atoms with Crippen LogP contribution in [0.1, 0.15) is 50.2 Å². The van der Waals surface area contributed by atoms with Gasteiger partial charge in [-0.2, -0.15) is 18.4 Å². The van der Waals surface area contributed by atoms with Crippen LogP contribution in [0.3, 0.4) is 0 Å². The molecule has 190 valence electrons. The lowest BCUT2D eigenvalue weighted by Crippen LogP contribution is -2.43. The number of hydrogen-bond acceptors (Lipinski definition) is 6. The number of benzene rings is 1. The summed E-state index contributed by atoms with van der Waals surface area (Å²) in [5.41, 5.74) is -0.185. The lowest BCUT2D eigenvalue weighted by molar-refractivity contribution is -0.137. The number of aromatic amines is 1. The molecule has 0 radical (unpaired) electrons. The molecule has 5 rings (SSSR count). The standard InChI is InChI=1S/C25H28F3N6OP/c1-15-5-7-17(12-30-15)33-24-32-14-20(25(26,27)28)21(34-24)19-13-31-22-18(19)8-6-16(11-29)23(22)36(35)9-3-2-4-10-36/h6,8,13-15,17,30-31H,2-5,7,9-10,12H2,1H3,(H,32,33,34)/t15-,17-/m0/s1. The maximum atomic E-state index is 14.0. The maximum absolute atomic E-state index is 14.0. The predicted molar refractivity (Wildman–Crippen MR) is 134 cm³/mol. The summed E-state index contributed by atoms with van der Waals surface area (Å²) in [7, 11) is -2.86. The fourth-order valence-corrected chi connectivity index (χ4v) is 8.60. The van der Waals surface area contributed by atoms with Crippen LogP contribution >= 0.6 is 7.14 Å². The van der Waals surface area contributed by atoms with E-state index in [0.717, 1.165) is 38.3 Å². The highest BCUT2D eigenvalue weighted by molar-refractivity contribution is 7.72. The van der Waals surface area contributed by atoms with Crippen molar-refractivity contribution < 1.29 is 17.7 Å². The van der Waals surface area contributed by atoms with Crippen molar-refractivity contribution in [1.82, 2.24) is 20.3 Å². The number of rotatable bonds is 4. The molecule has 2 aliphatic rings. The van der Waals surface area contributed by atoms with E-state index < -0.39 is 18.9 Å². The van der Waals surface area contributed by atoms with Crippen LogP contribution in [0, 0.1) is 11.3 Å². The summed E-state index contributed by atoms with van der Waals surface area (Å²) >= 11 is 0. The van der Waals surface area contributed by atoms with Crippen LogP contribution in [0.25, 0.3) is 22.2 Å². The van der Waals surface area contributed by atoms with Crippen molar-refractivity contribution in [1.29, 1.82) is 5.26 Å². The van der Waals surface area contributed by atoms with Crippen LogP contribution in [0.2, 0.25) is 0 Å². The third-order valence-electron chi connectivity index (χ3n) is 7.24. The molecule has 0 saturated carbocycles. The van der Waals surface area contributed by atoms with Crippen LogP contribution in [-0.4, -0.2) is 45.9 Å². The molecule has 0 bridgehead atoms. The average molecular weight is 517 g/mol. The summed E-state index contributed by atoms with van der Waals surface area (Å²) in [6, 6.07) is 5.71. The highest BCUT2D eigenvalue weighted by atomic mass is 31.2. The van der Waals surface area contributed by atoms with Gasteiger partial charge < -0.3 is 20.2 Å². The molecule has 2 aliphatic heterocycles. The Morgan fingerprint density at radius 3 is 2.64 bits per heavy atom. The van der Waals surface area contributed by atoms with E-state index in [1.165, 1.54) is 6.20 Å². The summed E-state index contributed by atoms with van der Waals surface area (Å²) in [5.74, 6) is 0.127. The number of nitrogens with zero attached hydrogens (tertiary/aromatic N) is 3. The Hall–Kier alpha value is -2.89. The largest absolute Gasteiger partial charge is 0.419 e. The van der Waals surface area contributed by atoms with E-state index in [-0.39, 0.29) is 23.2 Å². The van der Waals surface area contributed by atoms with Gasteiger partial charge in [0.2, 0.25) is 5.95 Å². The van der Waals surface area contributed by atoms with Gasteiger partial charge in [-0.1, -0.05) is 12.5 Å². The first-order valence-corrected chi connectivity index (χ1v) is 14.3. The van der Waals surface area contributed by atoms with E-state index in [2.05, 4.69) is 38.6 Å². The number of hydrogen-bond donors (Lipinski definition) is 3. The summed E-state index contributed by atoms with van der Waals surface area (Å²) in [6.07, 6.45) is 3.02. The molecule has 0 unspecified atom stereocenters. The minimum absolute atomic E-state index is 0.00923. The van der Waals surface area contributed by atoms with E-state index in [1.54, 1.807) is 12.1 Å². The number of fused-ring (bicyclic) bond motifs is 1. The number of halogens is 3. The number of nitriles is 1. The Balaban J connectivity index is 1.62. The van der Waals surface area contributed by atoms with Gasteiger partial charge in [0.1, 0.15) is 12.7 Å². The zero-order chi connectivity index (χ0) is 25.5. The molecule has 2 fully saturated rings. The summed E-state index contributed by atoms with van der Waals surface area (Å²) in [4.78, 5) is 11.3. The normalized spacial score (nSPS) is 22.3. The molecule has 2 aromatic heterocycles. The topological polar surface area (TPSA) is 106 Å². The minimum Gasteiger partial charge on any atom is -0.360 e. The predicted octanol–water partition coefficient (Wildman–Crippen LogP) is 5.24. The van der Waals surface area contributed by atoms with Crippen molar-refractivity contribution in [2.24, 2.45) is 0 Å². The Bertz CT molecular complexity index is 1360. The summed E-state index contributed by atoms with van der Waals surface area (Å²) < 4.78 is 56.0. The highest BCUT2D eigenvalue weighted by Gasteiger charge is 2.37. The van der Waals surface area contributed by atoms with Gasteiger partial charge in [-0.15, -0.1) is 0 Å². The van der Waals surface area contributed by atoms with Crippen molar-refractivity contribution in [3.8, 4) is 17.3 Å². The van der Waals surface area contributed by atoms with E-state index in [1.807, 2.05) is 0 Å². The molecule has 7 nitrogen and oxygen atoms in total. The molecule has 2 atom stereocenters. The molecular weight excluding hydrogens is 488 g/mol. The zero-order valence-corrected chi connectivity index (χ0v) is 20.8. The van der Waals surface area contributed by atoms with E-state index in [0.29, 0.717) is 46.7 Å². The maximum Gasteiger partial charge on any atom is 0.419 e. The Morgan fingerprint density at radius 2 is 1.97 bits per heavy atom. The molecule has 3 N–H and O–H groups in total. The molecule has 36 heavy (non-hydrogen) atoms. The number of piperidine rings is 1. The van der Waals surface area contributed by atoms with E-state index >= 15 is 0 Å². The molecule has 0 amide bonds. The Kier molecular flexibility index (Phi) is 6.56. The summed E-state index contributed by atoms with van der Waals surface area (Å²) in [6.45, 7) is 2.76. The first kappa shape index (κ1) is 24.8. The van der Waals surface area contributed by atoms with Crippen molar-refractivity contribution in [3.63, 3.8) is 0 Å². The highest BCUT2D eigenvalue weighted by Crippen LogP contribution is 2.52.